The summed E-state index contributed by atoms with van der Waals surface area (Å²) in [6.07, 6.45) is 0. The summed E-state index contributed by atoms with van der Waals surface area (Å²) in [7, 11) is 0. The first kappa shape index (κ1) is 23.5. The van der Waals surface area contributed by atoms with Gasteiger partial charge in [0.15, 0.2) is 0 Å². The zero-order valence-electron chi connectivity index (χ0n) is 18.6. The number of amides is 1. The molecule has 3 aromatic rings. The van der Waals surface area contributed by atoms with E-state index in [0.29, 0.717) is 49.4 Å². The minimum absolute atomic E-state index is 0.194. The monoisotopic (exact) mass is 479 g/mol. The van der Waals surface area contributed by atoms with Crippen molar-refractivity contribution in [2.24, 2.45) is 0 Å². The first-order chi connectivity index (χ1) is 16.8. The van der Waals surface area contributed by atoms with Gasteiger partial charge in [0.25, 0.3) is 17.3 Å². The molecule has 4 rings (SSSR count). The zero-order chi connectivity index (χ0) is 24.9. The van der Waals surface area contributed by atoms with Gasteiger partial charge in [0.2, 0.25) is 5.95 Å². The maximum absolute atomic E-state index is 12.6. The number of aryl methyl sites for hydroxylation is 1. The predicted octanol–water partition coefficient (Wildman–Crippen LogP) is 3.43. The highest BCUT2D eigenvalue weighted by Gasteiger charge is 2.20. The quantitative estimate of drug-likeness (QED) is 0.378. The van der Waals surface area contributed by atoms with Gasteiger partial charge in [-0.25, -0.2) is 4.98 Å². The molecule has 1 aliphatic rings. The number of aromatic nitrogens is 2. The average Bonchev–Trinajstić information content (AvgIpc) is 2.85. The number of nitro groups is 2. The highest BCUT2D eigenvalue weighted by molar-refractivity contribution is 6.05. The second-order valence-corrected chi connectivity index (χ2v) is 7.70. The number of non-ortho nitro benzene ring substituents is 2. The summed E-state index contributed by atoms with van der Waals surface area (Å²) in [4.78, 5) is 44.2. The number of benzene rings is 2. The van der Waals surface area contributed by atoms with Crippen LogP contribution in [0.3, 0.4) is 0 Å². The van der Waals surface area contributed by atoms with E-state index in [1.54, 1.807) is 24.3 Å². The van der Waals surface area contributed by atoms with E-state index in [1.165, 1.54) is 0 Å². The lowest BCUT2D eigenvalue weighted by atomic mass is 10.1. The molecule has 1 fully saturated rings. The van der Waals surface area contributed by atoms with Crippen LogP contribution >= 0.6 is 0 Å². The minimum Gasteiger partial charge on any atom is -0.378 e. The number of rotatable bonds is 7. The molecule has 0 aliphatic carbocycles. The van der Waals surface area contributed by atoms with Gasteiger partial charge in [-0.15, -0.1) is 0 Å². The fourth-order valence-electron chi connectivity index (χ4n) is 3.45. The number of hydrogen-bond acceptors (Lipinski definition) is 10. The number of carbonyl (C=O) groups is 1. The van der Waals surface area contributed by atoms with Gasteiger partial charge in [0.05, 0.1) is 34.7 Å². The van der Waals surface area contributed by atoms with E-state index in [1.807, 2.05) is 13.0 Å². The summed E-state index contributed by atoms with van der Waals surface area (Å²) < 4.78 is 5.37. The van der Waals surface area contributed by atoms with Crippen molar-refractivity contribution in [1.82, 2.24) is 9.97 Å². The number of morpholine rings is 1. The number of nitrogens with zero attached hydrogens (tertiary/aromatic N) is 5. The number of hydrogen-bond donors (Lipinski definition) is 2. The molecule has 1 amide bonds. The van der Waals surface area contributed by atoms with E-state index in [0.717, 1.165) is 23.9 Å². The lowest BCUT2D eigenvalue weighted by molar-refractivity contribution is -0.394. The zero-order valence-corrected chi connectivity index (χ0v) is 18.6. The highest BCUT2D eigenvalue weighted by atomic mass is 16.6. The molecule has 0 atom stereocenters. The van der Waals surface area contributed by atoms with E-state index >= 15 is 0 Å². The molecule has 1 aromatic heterocycles. The summed E-state index contributed by atoms with van der Waals surface area (Å²) in [5.74, 6) is 0.518. The van der Waals surface area contributed by atoms with Gasteiger partial charge >= 0.3 is 0 Å². The smallest absolute Gasteiger partial charge is 0.277 e. The van der Waals surface area contributed by atoms with Gasteiger partial charge in [-0.3, -0.25) is 25.0 Å². The van der Waals surface area contributed by atoms with Crippen LogP contribution in [0.25, 0.3) is 0 Å². The van der Waals surface area contributed by atoms with Gasteiger partial charge in [0, 0.05) is 48.4 Å². The van der Waals surface area contributed by atoms with Crippen molar-refractivity contribution >= 4 is 40.4 Å². The highest BCUT2D eigenvalue weighted by Crippen LogP contribution is 2.24. The van der Waals surface area contributed by atoms with Crippen molar-refractivity contribution in [3.05, 3.63) is 80.0 Å². The molecule has 2 aromatic carbocycles. The third-order valence-electron chi connectivity index (χ3n) is 5.14. The SMILES string of the molecule is Cc1cc(Nc2ccc(NC(=O)c3cc([N+](=O)[O-])cc([N+](=O)[O-])c3)cc2)nc(N2CCOCC2)n1. The molecule has 35 heavy (non-hydrogen) atoms. The molecule has 13 nitrogen and oxygen atoms in total. The largest absolute Gasteiger partial charge is 0.378 e. The van der Waals surface area contributed by atoms with Crippen molar-refractivity contribution in [2.45, 2.75) is 6.92 Å². The topological polar surface area (TPSA) is 166 Å². The van der Waals surface area contributed by atoms with Crippen molar-refractivity contribution in [2.75, 3.05) is 41.8 Å². The van der Waals surface area contributed by atoms with Crippen molar-refractivity contribution < 1.29 is 19.4 Å². The normalized spacial score (nSPS) is 13.2. The molecular formula is C22H21N7O6. The summed E-state index contributed by atoms with van der Waals surface area (Å²) >= 11 is 0. The molecule has 0 spiro atoms. The summed E-state index contributed by atoms with van der Waals surface area (Å²) in [6, 6.07) is 11.3. The molecule has 1 aliphatic heterocycles. The van der Waals surface area contributed by atoms with E-state index in [2.05, 4.69) is 25.5 Å². The van der Waals surface area contributed by atoms with Crippen molar-refractivity contribution in [3.8, 4) is 0 Å². The Kier molecular flexibility index (Phi) is 6.78. The summed E-state index contributed by atoms with van der Waals surface area (Å²) in [5.41, 5.74) is 0.641. The van der Waals surface area contributed by atoms with Crippen LogP contribution in [0, 0.1) is 27.2 Å². The van der Waals surface area contributed by atoms with Crippen LogP contribution in [-0.4, -0.2) is 52.0 Å². The Balaban J connectivity index is 1.46. The van der Waals surface area contributed by atoms with E-state index in [4.69, 9.17) is 4.74 Å². The molecule has 180 valence electrons. The van der Waals surface area contributed by atoms with Gasteiger partial charge in [-0.05, 0) is 31.2 Å². The first-order valence-electron chi connectivity index (χ1n) is 10.6. The Morgan fingerprint density at radius 2 is 1.54 bits per heavy atom. The van der Waals surface area contributed by atoms with E-state index < -0.39 is 27.1 Å². The molecule has 2 N–H and O–H groups in total. The van der Waals surface area contributed by atoms with Crippen LogP contribution in [0.4, 0.5) is 34.5 Å². The molecule has 0 bridgehead atoms. The van der Waals surface area contributed by atoms with Crippen LogP contribution in [0.5, 0.6) is 0 Å². The Morgan fingerprint density at radius 3 is 2.14 bits per heavy atom. The third kappa shape index (κ3) is 5.83. The Labute approximate surface area is 199 Å². The van der Waals surface area contributed by atoms with Crippen LogP contribution in [0.15, 0.2) is 48.5 Å². The number of nitro benzene ring substituents is 2. The summed E-state index contributed by atoms with van der Waals surface area (Å²) in [6.45, 7) is 4.55. The summed E-state index contributed by atoms with van der Waals surface area (Å²) in [5, 5.41) is 27.9. The van der Waals surface area contributed by atoms with E-state index in [9.17, 15) is 25.0 Å². The minimum atomic E-state index is -0.788. The van der Waals surface area contributed by atoms with Gasteiger partial charge in [-0.1, -0.05) is 0 Å². The maximum atomic E-state index is 12.6. The second-order valence-electron chi connectivity index (χ2n) is 7.70. The first-order valence-corrected chi connectivity index (χ1v) is 10.6. The van der Waals surface area contributed by atoms with Crippen molar-refractivity contribution in [3.63, 3.8) is 0 Å². The fourth-order valence-corrected chi connectivity index (χ4v) is 3.45. The van der Waals surface area contributed by atoms with Gasteiger partial charge < -0.3 is 20.3 Å². The van der Waals surface area contributed by atoms with Crippen LogP contribution < -0.4 is 15.5 Å². The Hall–Kier alpha value is -4.65. The Morgan fingerprint density at radius 1 is 0.943 bits per heavy atom. The maximum Gasteiger partial charge on any atom is 0.277 e. The van der Waals surface area contributed by atoms with Gasteiger partial charge in [0.1, 0.15) is 5.82 Å². The third-order valence-corrected chi connectivity index (χ3v) is 5.14. The predicted molar refractivity (Wildman–Crippen MR) is 127 cm³/mol. The molecule has 0 unspecified atom stereocenters. The van der Waals surface area contributed by atoms with Crippen LogP contribution in [0.2, 0.25) is 0 Å². The van der Waals surface area contributed by atoms with Gasteiger partial charge in [-0.2, -0.15) is 4.98 Å². The molecule has 1 saturated heterocycles. The number of nitrogens with one attached hydrogen (secondary N) is 2. The molecule has 0 radical (unpaired) electrons. The number of anilines is 4. The molecule has 2 heterocycles. The molecular weight excluding hydrogens is 458 g/mol. The molecule has 0 saturated carbocycles. The molecule has 13 heteroatoms. The average molecular weight is 479 g/mol. The number of ether oxygens (including phenoxy) is 1. The van der Waals surface area contributed by atoms with Crippen molar-refractivity contribution in [1.29, 1.82) is 0 Å². The van der Waals surface area contributed by atoms with E-state index in [-0.39, 0.29) is 5.56 Å². The lowest BCUT2D eigenvalue weighted by Gasteiger charge is -2.27. The number of carbonyl (C=O) groups excluding carboxylic acids is 1. The standard InChI is InChI=1S/C22H21N7O6/c1-14-10-20(26-22(23-14)27-6-8-35-9-7-27)24-16-2-4-17(5-3-16)25-21(30)15-11-18(28(31)32)13-19(12-15)29(33)34/h2-5,10-13H,6-9H2,1H3,(H,25,30)(H,23,24,26). The second kappa shape index (κ2) is 10.1. The fraction of sp³-hybridized carbons (Fsp3) is 0.227. The Bertz CT molecular complexity index is 1240. The van der Waals surface area contributed by atoms with Crippen LogP contribution in [-0.2, 0) is 4.74 Å². The lowest BCUT2D eigenvalue weighted by Crippen LogP contribution is -2.37. The van der Waals surface area contributed by atoms with Crippen LogP contribution in [0.1, 0.15) is 16.1 Å².